The minimum absolute atomic E-state index is 0.211. The minimum atomic E-state index is -0.670. The fourth-order valence-corrected chi connectivity index (χ4v) is 4.35. The van der Waals surface area contributed by atoms with Gasteiger partial charge in [0.2, 0.25) is 5.16 Å². The summed E-state index contributed by atoms with van der Waals surface area (Å²) in [6, 6.07) is 7.79. The summed E-state index contributed by atoms with van der Waals surface area (Å²) < 4.78 is 6.94. The zero-order valence-electron chi connectivity index (χ0n) is 17.7. The number of nitrogens with one attached hydrogen (secondary N) is 2. The predicted octanol–water partition coefficient (Wildman–Crippen LogP) is 3.36. The molecule has 0 fully saturated rings. The normalized spacial score (nSPS) is 16.1. The molecule has 1 aromatic carbocycles. The van der Waals surface area contributed by atoms with Gasteiger partial charge in [0.05, 0.1) is 18.2 Å². The van der Waals surface area contributed by atoms with Gasteiger partial charge in [0.15, 0.2) is 0 Å². The highest BCUT2D eigenvalue weighted by Crippen LogP contribution is 2.31. The molecule has 166 valence electrons. The van der Waals surface area contributed by atoms with E-state index in [-0.39, 0.29) is 12.4 Å². The molecule has 0 bridgehead atoms. The standard InChI is InChI=1S/C21H21ClN6O3S/c1-4-31-18(29)16-15(24-20(30)25-17(16)13-5-7-14(22)8-6-13)10-32-21-26-19-23-11(2)9-12(3)28(19)27-21/h5-9,17H,4,10H2,1-3H3,(H2,24,25,30). The Hall–Kier alpha value is -3.11. The van der Waals surface area contributed by atoms with E-state index in [2.05, 4.69) is 25.7 Å². The molecule has 0 spiro atoms. The predicted molar refractivity (Wildman–Crippen MR) is 120 cm³/mol. The summed E-state index contributed by atoms with van der Waals surface area (Å²) >= 11 is 7.30. The molecule has 0 aliphatic carbocycles. The third kappa shape index (κ3) is 4.56. The second kappa shape index (κ2) is 9.17. The van der Waals surface area contributed by atoms with Crippen LogP contribution in [-0.4, -0.2) is 43.9 Å². The maximum Gasteiger partial charge on any atom is 0.338 e. The second-order valence-electron chi connectivity index (χ2n) is 7.13. The number of amides is 2. The number of nitrogens with zero attached hydrogens (tertiary/aromatic N) is 4. The minimum Gasteiger partial charge on any atom is -0.463 e. The number of hydrogen-bond donors (Lipinski definition) is 2. The number of thioether (sulfide) groups is 1. The third-order valence-corrected chi connectivity index (χ3v) is 5.91. The molecule has 9 nitrogen and oxygen atoms in total. The van der Waals surface area contributed by atoms with Gasteiger partial charge >= 0.3 is 12.0 Å². The molecule has 0 radical (unpaired) electrons. The van der Waals surface area contributed by atoms with Crippen molar-refractivity contribution in [1.82, 2.24) is 30.2 Å². The number of ether oxygens (including phenoxy) is 1. The molecule has 32 heavy (non-hydrogen) atoms. The van der Waals surface area contributed by atoms with Gasteiger partial charge in [0.25, 0.3) is 5.78 Å². The molecule has 1 atom stereocenters. The number of esters is 1. The van der Waals surface area contributed by atoms with Gasteiger partial charge in [-0.1, -0.05) is 35.5 Å². The van der Waals surface area contributed by atoms with E-state index < -0.39 is 18.0 Å². The quantitative estimate of drug-likeness (QED) is 0.418. The number of rotatable bonds is 6. The molecule has 2 amide bonds. The fourth-order valence-electron chi connectivity index (χ4n) is 3.43. The summed E-state index contributed by atoms with van der Waals surface area (Å²) in [5.74, 6) is 0.255. The largest absolute Gasteiger partial charge is 0.463 e. The van der Waals surface area contributed by atoms with Crippen molar-refractivity contribution in [3.8, 4) is 0 Å². The number of halogens is 1. The Kier molecular flexibility index (Phi) is 6.33. The van der Waals surface area contributed by atoms with Crippen LogP contribution in [0.4, 0.5) is 4.79 Å². The van der Waals surface area contributed by atoms with Crippen molar-refractivity contribution in [2.75, 3.05) is 12.4 Å². The lowest BCUT2D eigenvalue weighted by atomic mass is 9.95. The summed E-state index contributed by atoms with van der Waals surface area (Å²) in [6.07, 6.45) is 0. The number of aryl methyl sites for hydroxylation is 2. The smallest absolute Gasteiger partial charge is 0.338 e. The van der Waals surface area contributed by atoms with E-state index in [1.54, 1.807) is 35.7 Å². The molecule has 0 saturated carbocycles. The maximum absolute atomic E-state index is 12.8. The van der Waals surface area contributed by atoms with Gasteiger partial charge in [0.1, 0.15) is 0 Å². The molecular formula is C21H21ClN6O3S. The number of carbonyl (C=O) groups excluding carboxylic acids is 2. The van der Waals surface area contributed by atoms with Crippen molar-refractivity contribution in [3.05, 3.63) is 63.6 Å². The Morgan fingerprint density at radius 3 is 2.72 bits per heavy atom. The van der Waals surface area contributed by atoms with Crippen LogP contribution in [0.5, 0.6) is 0 Å². The lowest BCUT2D eigenvalue weighted by Crippen LogP contribution is -2.46. The molecule has 1 unspecified atom stereocenters. The summed E-state index contributed by atoms with van der Waals surface area (Å²) in [5, 5.41) is 11.1. The molecule has 0 saturated heterocycles. The Morgan fingerprint density at radius 1 is 1.25 bits per heavy atom. The lowest BCUT2D eigenvalue weighted by molar-refractivity contribution is -0.139. The van der Waals surface area contributed by atoms with Crippen LogP contribution in [-0.2, 0) is 9.53 Å². The zero-order chi connectivity index (χ0) is 22.8. The van der Waals surface area contributed by atoms with Gasteiger partial charge in [-0.15, -0.1) is 5.10 Å². The topological polar surface area (TPSA) is 111 Å². The Bertz CT molecular complexity index is 1220. The number of aromatic nitrogens is 4. The van der Waals surface area contributed by atoms with E-state index in [9.17, 15) is 9.59 Å². The van der Waals surface area contributed by atoms with Crippen molar-refractivity contribution in [2.45, 2.75) is 32.0 Å². The van der Waals surface area contributed by atoms with E-state index >= 15 is 0 Å². The molecule has 11 heteroatoms. The SMILES string of the molecule is CCOC(=O)C1=C(CSc2nc3nc(C)cc(C)n3n2)NC(=O)NC1c1ccc(Cl)cc1. The van der Waals surface area contributed by atoms with Crippen LogP contribution in [0.25, 0.3) is 5.78 Å². The summed E-state index contributed by atoms with van der Waals surface area (Å²) in [4.78, 5) is 34.1. The number of benzene rings is 1. The highest BCUT2D eigenvalue weighted by molar-refractivity contribution is 7.99. The average Bonchev–Trinajstić information content (AvgIpc) is 3.15. The molecule has 3 aromatic rings. The second-order valence-corrected chi connectivity index (χ2v) is 8.51. The monoisotopic (exact) mass is 472 g/mol. The van der Waals surface area contributed by atoms with Gasteiger partial charge in [-0.3, -0.25) is 0 Å². The van der Waals surface area contributed by atoms with Gasteiger partial charge in [-0.2, -0.15) is 4.98 Å². The van der Waals surface area contributed by atoms with Gasteiger partial charge in [-0.05, 0) is 44.5 Å². The zero-order valence-corrected chi connectivity index (χ0v) is 19.3. The third-order valence-electron chi connectivity index (χ3n) is 4.80. The van der Waals surface area contributed by atoms with Crippen LogP contribution in [0.2, 0.25) is 5.02 Å². The van der Waals surface area contributed by atoms with Crippen LogP contribution >= 0.6 is 23.4 Å². The highest BCUT2D eigenvalue weighted by Gasteiger charge is 2.33. The van der Waals surface area contributed by atoms with E-state index in [0.29, 0.717) is 27.2 Å². The first-order chi connectivity index (χ1) is 15.4. The van der Waals surface area contributed by atoms with E-state index in [1.807, 2.05) is 19.9 Å². The maximum atomic E-state index is 12.8. The molecule has 1 aliphatic heterocycles. The first-order valence-electron chi connectivity index (χ1n) is 9.92. The number of fused-ring (bicyclic) bond motifs is 1. The van der Waals surface area contributed by atoms with Crippen LogP contribution in [0.1, 0.15) is 29.9 Å². The van der Waals surface area contributed by atoms with Crippen molar-refractivity contribution in [2.24, 2.45) is 0 Å². The van der Waals surface area contributed by atoms with Crippen LogP contribution in [0.3, 0.4) is 0 Å². The summed E-state index contributed by atoms with van der Waals surface area (Å²) in [7, 11) is 0. The van der Waals surface area contributed by atoms with Crippen LogP contribution < -0.4 is 10.6 Å². The van der Waals surface area contributed by atoms with Crippen molar-refractivity contribution in [3.63, 3.8) is 0 Å². The first-order valence-corrected chi connectivity index (χ1v) is 11.3. The molecule has 3 heterocycles. The van der Waals surface area contributed by atoms with Gasteiger partial charge in [0, 0.05) is 27.9 Å². The summed E-state index contributed by atoms with van der Waals surface area (Å²) in [6.45, 7) is 5.77. The number of carbonyl (C=O) groups is 2. The Labute approximate surface area is 193 Å². The summed E-state index contributed by atoms with van der Waals surface area (Å²) in [5.41, 5.74) is 3.25. The van der Waals surface area contributed by atoms with Crippen LogP contribution in [0.15, 0.2) is 46.8 Å². The number of hydrogen-bond acceptors (Lipinski definition) is 7. The fraction of sp³-hybridized carbons (Fsp3) is 0.286. The Morgan fingerprint density at radius 2 is 2.00 bits per heavy atom. The van der Waals surface area contributed by atoms with E-state index in [4.69, 9.17) is 16.3 Å². The highest BCUT2D eigenvalue weighted by atomic mass is 35.5. The van der Waals surface area contributed by atoms with E-state index in [1.165, 1.54) is 11.8 Å². The average molecular weight is 473 g/mol. The van der Waals surface area contributed by atoms with Gasteiger partial charge < -0.3 is 15.4 Å². The van der Waals surface area contributed by atoms with E-state index in [0.717, 1.165) is 17.0 Å². The molecule has 2 N–H and O–H groups in total. The van der Waals surface area contributed by atoms with Gasteiger partial charge in [-0.25, -0.2) is 19.1 Å². The van der Waals surface area contributed by atoms with Crippen LogP contribution in [0, 0.1) is 13.8 Å². The van der Waals surface area contributed by atoms with Crippen molar-refractivity contribution < 1.29 is 14.3 Å². The Balaban J connectivity index is 1.68. The number of urea groups is 1. The lowest BCUT2D eigenvalue weighted by Gasteiger charge is -2.29. The molecular weight excluding hydrogens is 452 g/mol. The van der Waals surface area contributed by atoms with Crippen molar-refractivity contribution in [1.29, 1.82) is 0 Å². The van der Waals surface area contributed by atoms with Crippen molar-refractivity contribution >= 4 is 41.1 Å². The first kappa shape index (κ1) is 22.1. The molecule has 4 rings (SSSR count). The molecule has 1 aliphatic rings. The molecule has 2 aromatic heterocycles.